The molecule has 0 atom stereocenters. The van der Waals surface area contributed by atoms with E-state index in [4.69, 9.17) is 11.6 Å². The second-order valence-corrected chi connectivity index (χ2v) is 6.19. The van der Waals surface area contributed by atoms with E-state index in [1.54, 1.807) is 0 Å². The van der Waals surface area contributed by atoms with E-state index in [2.05, 4.69) is 28.7 Å². The third-order valence-corrected chi connectivity index (χ3v) is 4.22. The highest BCUT2D eigenvalue weighted by atomic mass is 35.5. The summed E-state index contributed by atoms with van der Waals surface area (Å²) in [4.78, 5) is 21.8. The van der Waals surface area contributed by atoms with E-state index in [1.807, 2.05) is 0 Å². The summed E-state index contributed by atoms with van der Waals surface area (Å²) in [7, 11) is 0. The van der Waals surface area contributed by atoms with Crippen molar-refractivity contribution in [2.45, 2.75) is 52.0 Å². The summed E-state index contributed by atoms with van der Waals surface area (Å²) in [6, 6.07) is 0.471. The summed E-state index contributed by atoms with van der Waals surface area (Å²) in [6.07, 6.45) is 8.12. The number of hydrogen-bond donors (Lipinski definition) is 0. The van der Waals surface area contributed by atoms with Gasteiger partial charge in [-0.2, -0.15) is 0 Å². The summed E-state index contributed by atoms with van der Waals surface area (Å²) in [5, 5.41) is 0.248. The fourth-order valence-corrected chi connectivity index (χ4v) is 2.94. The number of anilines is 1. The number of hydrogen-bond acceptors (Lipinski definition) is 4. The van der Waals surface area contributed by atoms with Crippen LogP contribution < -0.4 is 4.90 Å². The second-order valence-electron chi connectivity index (χ2n) is 5.83. The quantitative estimate of drug-likeness (QED) is 0.592. The van der Waals surface area contributed by atoms with E-state index in [1.165, 1.54) is 19.2 Å². The molecule has 2 rings (SSSR count). The number of carbonyl (C=O) groups excluding carboxylic acids is 1. The molecule has 1 aromatic heterocycles. The lowest BCUT2D eigenvalue weighted by Crippen LogP contribution is -2.36. The van der Waals surface area contributed by atoms with E-state index in [0.717, 1.165) is 32.1 Å². The lowest BCUT2D eigenvalue weighted by molar-refractivity contribution is 0.112. The van der Waals surface area contributed by atoms with Gasteiger partial charge in [0, 0.05) is 12.6 Å². The van der Waals surface area contributed by atoms with Gasteiger partial charge in [-0.3, -0.25) is 4.79 Å². The molecule has 1 aliphatic carbocycles. The van der Waals surface area contributed by atoms with Crippen molar-refractivity contribution in [2.75, 3.05) is 11.4 Å². The molecule has 4 nitrogen and oxygen atoms in total. The Morgan fingerprint density at radius 1 is 1.40 bits per heavy atom. The first-order chi connectivity index (χ1) is 9.63. The normalized spacial score (nSPS) is 15.8. The fraction of sp³-hybridized carbons (Fsp3) is 0.667. The van der Waals surface area contributed by atoms with Crippen LogP contribution in [0.3, 0.4) is 0 Å². The van der Waals surface area contributed by atoms with E-state index in [-0.39, 0.29) is 5.15 Å². The molecule has 0 unspecified atom stereocenters. The largest absolute Gasteiger partial charge is 0.353 e. The average Bonchev–Trinajstić information content (AvgIpc) is 2.93. The van der Waals surface area contributed by atoms with Crippen molar-refractivity contribution in [1.29, 1.82) is 0 Å². The lowest BCUT2D eigenvalue weighted by atomic mass is 10.1. The van der Waals surface area contributed by atoms with Gasteiger partial charge < -0.3 is 4.90 Å². The molecule has 0 bridgehead atoms. The molecule has 1 aliphatic rings. The zero-order chi connectivity index (χ0) is 14.5. The third-order valence-electron chi connectivity index (χ3n) is 3.92. The van der Waals surface area contributed by atoms with Gasteiger partial charge in [-0.05, 0) is 25.2 Å². The lowest BCUT2D eigenvalue weighted by Gasteiger charge is -2.31. The first-order valence-corrected chi connectivity index (χ1v) is 7.73. The zero-order valence-corrected chi connectivity index (χ0v) is 12.9. The van der Waals surface area contributed by atoms with Crippen molar-refractivity contribution in [3.05, 3.63) is 17.0 Å². The molecule has 0 aromatic carbocycles. The number of carbonyl (C=O) groups is 1. The molecular formula is C15H22ClN3O. The molecule has 0 amide bonds. The number of rotatable bonds is 6. The molecule has 5 heteroatoms. The Morgan fingerprint density at radius 2 is 2.10 bits per heavy atom. The van der Waals surface area contributed by atoms with Crippen LogP contribution >= 0.6 is 11.6 Å². The Balaban J connectivity index is 2.29. The van der Waals surface area contributed by atoms with Crippen LogP contribution in [-0.4, -0.2) is 28.8 Å². The smallest absolute Gasteiger partial charge is 0.156 e. The highest BCUT2D eigenvalue weighted by molar-refractivity contribution is 6.32. The monoisotopic (exact) mass is 295 g/mol. The maximum absolute atomic E-state index is 11.3. The second kappa shape index (κ2) is 7.02. The van der Waals surface area contributed by atoms with Crippen LogP contribution in [0.2, 0.25) is 5.15 Å². The van der Waals surface area contributed by atoms with Crippen molar-refractivity contribution in [3.8, 4) is 0 Å². The minimum atomic E-state index is 0.248. The van der Waals surface area contributed by atoms with Gasteiger partial charge in [0.2, 0.25) is 0 Å². The minimum absolute atomic E-state index is 0.248. The van der Waals surface area contributed by atoms with Crippen LogP contribution in [-0.2, 0) is 0 Å². The van der Waals surface area contributed by atoms with Crippen molar-refractivity contribution in [3.63, 3.8) is 0 Å². The molecule has 1 heterocycles. The molecular weight excluding hydrogens is 274 g/mol. The van der Waals surface area contributed by atoms with Crippen LogP contribution in [0.1, 0.15) is 56.3 Å². The van der Waals surface area contributed by atoms with Crippen LogP contribution in [0.15, 0.2) is 6.33 Å². The molecule has 0 spiro atoms. The number of halogens is 1. The van der Waals surface area contributed by atoms with Gasteiger partial charge >= 0.3 is 0 Å². The number of aldehydes is 1. The van der Waals surface area contributed by atoms with Crippen molar-refractivity contribution >= 4 is 23.7 Å². The van der Waals surface area contributed by atoms with Crippen molar-refractivity contribution in [2.24, 2.45) is 5.92 Å². The standard InChI is InChI=1S/C15H22ClN3O/c1-11(2)7-8-19(12-5-3-4-6-12)15-13(9-20)14(16)17-10-18-15/h9-12H,3-8H2,1-2H3. The van der Waals surface area contributed by atoms with E-state index < -0.39 is 0 Å². The summed E-state index contributed by atoms with van der Waals surface area (Å²) in [5.74, 6) is 1.32. The molecule has 110 valence electrons. The van der Waals surface area contributed by atoms with Gasteiger partial charge in [-0.15, -0.1) is 0 Å². The first-order valence-electron chi connectivity index (χ1n) is 7.35. The fourth-order valence-electron chi connectivity index (χ4n) is 2.77. The molecule has 0 N–H and O–H groups in total. The predicted octanol–water partition coefficient (Wildman–Crippen LogP) is 3.74. The average molecular weight is 296 g/mol. The molecule has 0 radical (unpaired) electrons. The van der Waals surface area contributed by atoms with Gasteiger partial charge in [0.05, 0.1) is 5.56 Å². The summed E-state index contributed by atoms with van der Waals surface area (Å²) in [5.41, 5.74) is 0.421. The van der Waals surface area contributed by atoms with E-state index in [9.17, 15) is 4.79 Å². The van der Waals surface area contributed by atoms with Crippen molar-refractivity contribution in [1.82, 2.24) is 9.97 Å². The zero-order valence-electron chi connectivity index (χ0n) is 12.2. The molecule has 0 aliphatic heterocycles. The predicted molar refractivity (Wildman–Crippen MR) is 81.5 cm³/mol. The maximum atomic E-state index is 11.3. The minimum Gasteiger partial charge on any atom is -0.353 e. The SMILES string of the molecule is CC(C)CCN(c1ncnc(Cl)c1C=O)C1CCCC1. The Morgan fingerprint density at radius 3 is 2.70 bits per heavy atom. The highest BCUT2D eigenvalue weighted by Crippen LogP contribution is 2.30. The summed E-state index contributed by atoms with van der Waals surface area (Å²) < 4.78 is 0. The Labute approximate surface area is 125 Å². The Hall–Kier alpha value is -1.16. The van der Waals surface area contributed by atoms with E-state index in [0.29, 0.717) is 23.3 Å². The van der Waals surface area contributed by atoms with Gasteiger partial charge in [0.15, 0.2) is 6.29 Å². The maximum Gasteiger partial charge on any atom is 0.156 e. The van der Waals surface area contributed by atoms with Crippen LogP contribution in [0.5, 0.6) is 0 Å². The van der Waals surface area contributed by atoms with Crippen molar-refractivity contribution < 1.29 is 4.79 Å². The summed E-state index contributed by atoms with van der Waals surface area (Å²) >= 11 is 6.03. The number of aromatic nitrogens is 2. The topological polar surface area (TPSA) is 46.1 Å². The molecule has 1 aromatic rings. The van der Waals surface area contributed by atoms with Gasteiger partial charge in [-0.25, -0.2) is 9.97 Å². The molecule has 1 fully saturated rings. The first kappa shape index (κ1) is 15.2. The van der Waals surface area contributed by atoms with Crippen LogP contribution in [0.4, 0.5) is 5.82 Å². The summed E-state index contributed by atoms with van der Waals surface area (Å²) in [6.45, 7) is 5.33. The Bertz CT molecular complexity index is 458. The third kappa shape index (κ3) is 3.48. The van der Waals surface area contributed by atoms with Gasteiger partial charge in [0.25, 0.3) is 0 Å². The molecule has 0 saturated heterocycles. The Kier molecular flexibility index (Phi) is 5.35. The van der Waals surface area contributed by atoms with Crippen LogP contribution in [0, 0.1) is 5.92 Å². The van der Waals surface area contributed by atoms with E-state index >= 15 is 0 Å². The van der Waals surface area contributed by atoms with Gasteiger partial charge in [0.1, 0.15) is 17.3 Å². The molecule has 1 saturated carbocycles. The number of nitrogens with zero attached hydrogens (tertiary/aromatic N) is 3. The van der Waals surface area contributed by atoms with Gasteiger partial charge in [-0.1, -0.05) is 38.3 Å². The highest BCUT2D eigenvalue weighted by Gasteiger charge is 2.26. The van der Waals surface area contributed by atoms with Crippen LogP contribution in [0.25, 0.3) is 0 Å². The molecule has 20 heavy (non-hydrogen) atoms.